The van der Waals surface area contributed by atoms with Gasteiger partial charge in [-0.15, -0.1) is 0 Å². The molecule has 0 radical (unpaired) electrons. The van der Waals surface area contributed by atoms with E-state index in [1.54, 1.807) is 18.2 Å². The van der Waals surface area contributed by atoms with E-state index in [1.165, 1.54) is 57.9 Å². The molecule has 3 N–H and O–H groups in total. The SMILES string of the molecule is COC(=O)/C(=C/c1cnc(OC)nc1OC)NC(=O)c1ccc(C(=O)NCc2cccc(O)c2)cc1Br. The molecule has 3 rings (SSSR count). The van der Waals surface area contributed by atoms with Crippen LogP contribution in [-0.2, 0) is 16.1 Å². The van der Waals surface area contributed by atoms with Crippen LogP contribution in [0.1, 0.15) is 31.8 Å². The Labute approximate surface area is 220 Å². The van der Waals surface area contributed by atoms with E-state index in [0.717, 1.165) is 5.56 Å². The second-order valence-electron chi connectivity index (χ2n) is 7.37. The van der Waals surface area contributed by atoms with E-state index in [1.807, 2.05) is 0 Å². The summed E-state index contributed by atoms with van der Waals surface area (Å²) >= 11 is 3.31. The third-order valence-electron chi connectivity index (χ3n) is 4.93. The Morgan fingerprint density at radius 3 is 2.49 bits per heavy atom. The van der Waals surface area contributed by atoms with Crippen molar-refractivity contribution in [1.29, 1.82) is 0 Å². The van der Waals surface area contributed by atoms with Crippen LogP contribution < -0.4 is 20.1 Å². The molecule has 37 heavy (non-hydrogen) atoms. The lowest BCUT2D eigenvalue weighted by molar-refractivity contribution is -0.136. The Morgan fingerprint density at radius 2 is 1.84 bits per heavy atom. The molecule has 0 atom stereocenters. The van der Waals surface area contributed by atoms with Gasteiger partial charge in [0, 0.05) is 22.8 Å². The number of hydrogen-bond acceptors (Lipinski definition) is 9. The van der Waals surface area contributed by atoms with Gasteiger partial charge in [0.15, 0.2) is 0 Å². The Bertz CT molecular complexity index is 1360. The van der Waals surface area contributed by atoms with E-state index < -0.39 is 11.9 Å². The lowest BCUT2D eigenvalue weighted by atomic mass is 10.1. The molecular weight excluding hydrogens is 548 g/mol. The molecule has 2 amide bonds. The normalized spacial score (nSPS) is 10.9. The topological polar surface area (TPSA) is 149 Å². The molecule has 1 aromatic heterocycles. The molecule has 0 fully saturated rings. The van der Waals surface area contributed by atoms with Gasteiger partial charge in [0.2, 0.25) is 5.88 Å². The van der Waals surface area contributed by atoms with E-state index in [2.05, 4.69) is 36.5 Å². The van der Waals surface area contributed by atoms with E-state index in [9.17, 15) is 19.5 Å². The molecule has 0 saturated carbocycles. The van der Waals surface area contributed by atoms with Crippen LogP contribution in [0.2, 0.25) is 0 Å². The minimum atomic E-state index is -0.815. The zero-order chi connectivity index (χ0) is 26.9. The summed E-state index contributed by atoms with van der Waals surface area (Å²) in [6, 6.07) is 11.0. The van der Waals surface area contributed by atoms with Gasteiger partial charge in [-0.3, -0.25) is 9.59 Å². The average molecular weight is 571 g/mol. The van der Waals surface area contributed by atoms with Crippen molar-refractivity contribution < 1.29 is 33.7 Å². The third kappa shape index (κ3) is 7.04. The number of amides is 2. The fraction of sp³-hybridized carbons (Fsp3) is 0.160. The molecule has 1 heterocycles. The number of carbonyl (C=O) groups is 3. The van der Waals surface area contributed by atoms with Gasteiger partial charge < -0.3 is 30.0 Å². The molecule has 2 aromatic carbocycles. The number of aromatic hydroxyl groups is 1. The molecule has 0 bridgehead atoms. The predicted molar refractivity (Wildman–Crippen MR) is 136 cm³/mol. The van der Waals surface area contributed by atoms with E-state index >= 15 is 0 Å². The molecule has 0 aliphatic carbocycles. The number of phenolic OH excluding ortho intramolecular Hbond substituents is 1. The zero-order valence-electron chi connectivity index (χ0n) is 20.1. The standard InChI is InChI=1S/C25H23BrN4O7/c1-35-23-16(13-28-25(30-23)37-3)11-20(24(34)36-2)29-22(33)18-8-7-15(10-19(18)26)21(32)27-12-14-5-4-6-17(31)9-14/h4-11,13,31H,12H2,1-3H3,(H,27,32)(H,29,33)/b20-11-. The van der Waals surface area contributed by atoms with E-state index in [4.69, 9.17) is 14.2 Å². The van der Waals surface area contributed by atoms with Gasteiger partial charge in [-0.1, -0.05) is 12.1 Å². The third-order valence-corrected chi connectivity index (χ3v) is 5.58. The van der Waals surface area contributed by atoms with Gasteiger partial charge >= 0.3 is 12.0 Å². The molecule has 0 spiro atoms. The zero-order valence-corrected chi connectivity index (χ0v) is 21.7. The van der Waals surface area contributed by atoms with Crippen LogP contribution in [0.25, 0.3) is 6.08 Å². The highest BCUT2D eigenvalue weighted by molar-refractivity contribution is 9.10. The monoisotopic (exact) mass is 570 g/mol. The number of esters is 1. The molecule has 0 aliphatic rings. The second kappa shape index (κ2) is 12.5. The molecule has 0 saturated heterocycles. The summed E-state index contributed by atoms with van der Waals surface area (Å²) in [4.78, 5) is 45.9. The van der Waals surface area contributed by atoms with Gasteiger partial charge in [-0.2, -0.15) is 4.98 Å². The Kier molecular flexibility index (Phi) is 9.16. The van der Waals surface area contributed by atoms with Crippen molar-refractivity contribution in [2.45, 2.75) is 6.54 Å². The number of ether oxygens (including phenoxy) is 3. The Balaban J connectivity index is 1.78. The number of phenols is 1. The molecular formula is C25H23BrN4O7. The van der Waals surface area contributed by atoms with Crippen molar-refractivity contribution >= 4 is 39.8 Å². The summed E-state index contributed by atoms with van der Waals surface area (Å²) in [5, 5.41) is 14.8. The van der Waals surface area contributed by atoms with E-state index in [-0.39, 0.29) is 41.4 Å². The second-order valence-corrected chi connectivity index (χ2v) is 8.23. The average Bonchev–Trinajstić information content (AvgIpc) is 2.90. The van der Waals surface area contributed by atoms with Gasteiger partial charge in [0.05, 0.1) is 32.5 Å². The Hall–Kier alpha value is -4.45. The first-order valence-electron chi connectivity index (χ1n) is 10.7. The highest BCUT2D eigenvalue weighted by atomic mass is 79.9. The summed E-state index contributed by atoms with van der Waals surface area (Å²) in [5.41, 5.74) is 1.29. The first-order chi connectivity index (χ1) is 17.7. The van der Waals surface area contributed by atoms with E-state index in [0.29, 0.717) is 15.6 Å². The number of carbonyl (C=O) groups excluding carboxylic acids is 3. The first kappa shape index (κ1) is 27.1. The van der Waals surface area contributed by atoms with Crippen molar-refractivity contribution in [3.63, 3.8) is 0 Å². The predicted octanol–water partition coefficient (Wildman–Crippen LogP) is 2.84. The smallest absolute Gasteiger partial charge is 0.354 e. The molecule has 11 nitrogen and oxygen atoms in total. The summed E-state index contributed by atoms with van der Waals surface area (Å²) < 4.78 is 15.3. The van der Waals surface area contributed by atoms with Crippen LogP contribution in [-0.4, -0.2) is 54.2 Å². The lowest BCUT2D eigenvalue weighted by Crippen LogP contribution is -2.28. The number of nitrogens with zero attached hydrogens (tertiary/aromatic N) is 2. The van der Waals surface area contributed by atoms with Crippen molar-refractivity contribution in [2.24, 2.45) is 0 Å². The van der Waals surface area contributed by atoms with Crippen molar-refractivity contribution in [2.75, 3.05) is 21.3 Å². The van der Waals surface area contributed by atoms with Crippen molar-refractivity contribution in [3.05, 3.63) is 81.1 Å². The van der Waals surface area contributed by atoms with Gasteiger partial charge in [-0.05, 0) is 57.9 Å². The number of benzene rings is 2. The molecule has 0 unspecified atom stereocenters. The number of nitrogens with one attached hydrogen (secondary N) is 2. The van der Waals surface area contributed by atoms with Crippen molar-refractivity contribution in [1.82, 2.24) is 20.6 Å². The van der Waals surface area contributed by atoms with Crippen LogP contribution in [0.4, 0.5) is 0 Å². The minimum Gasteiger partial charge on any atom is -0.508 e. The quantitative estimate of drug-likeness (QED) is 0.260. The highest BCUT2D eigenvalue weighted by Gasteiger charge is 2.19. The number of rotatable bonds is 9. The summed E-state index contributed by atoms with van der Waals surface area (Å²) in [7, 11) is 3.95. The Morgan fingerprint density at radius 1 is 1.05 bits per heavy atom. The van der Waals surface area contributed by atoms with Gasteiger partial charge in [0.1, 0.15) is 11.4 Å². The van der Waals surface area contributed by atoms with Gasteiger partial charge in [-0.25, -0.2) is 9.78 Å². The van der Waals surface area contributed by atoms with Crippen LogP contribution in [0.15, 0.2) is 58.8 Å². The maximum absolute atomic E-state index is 13.0. The fourth-order valence-corrected chi connectivity index (χ4v) is 3.67. The summed E-state index contributed by atoms with van der Waals surface area (Å²) in [6.45, 7) is 0.207. The molecule has 12 heteroatoms. The number of halogens is 1. The van der Waals surface area contributed by atoms with Crippen LogP contribution in [0.5, 0.6) is 17.6 Å². The minimum absolute atomic E-state index is 0.0626. The largest absolute Gasteiger partial charge is 0.508 e. The fourth-order valence-electron chi connectivity index (χ4n) is 3.11. The van der Waals surface area contributed by atoms with Crippen LogP contribution in [0, 0.1) is 0 Å². The summed E-state index contributed by atoms with van der Waals surface area (Å²) in [6.07, 6.45) is 2.67. The highest BCUT2D eigenvalue weighted by Crippen LogP contribution is 2.22. The number of aromatic nitrogens is 2. The van der Waals surface area contributed by atoms with Gasteiger partial charge in [0.25, 0.3) is 11.8 Å². The van der Waals surface area contributed by atoms with Crippen LogP contribution >= 0.6 is 15.9 Å². The van der Waals surface area contributed by atoms with Crippen LogP contribution in [0.3, 0.4) is 0 Å². The number of hydrogen-bond donors (Lipinski definition) is 3. The molecule has 3 aromatic rings. The number of methoxy groups -OCH3 is 3. The maximum atomic E-state index is 13.0. The van der Waals surface area contributed by atoms with Crippen molar-refractivity contribution in [3.8, 4) is 17.6 Å². The molecule has 0 aliphatic heterocycles. The first-order valence-corrected chi connectivity index (χ1v) is 11.5. The lowest BCUT2D eigenvalue weighted by Gasteiger charge is -2.12. The maximum Gasteiger partial charge on any atom is 0.354 e. The molecule has 192 valence electrons. The summed E-state index contributed by atoms with van der Waals surface area (Å²) in [5.74, 6) is -1.61.